The molecule has 1 heteroatoms. The van der Waals surface area contributed by atoms with Crippen LogP contribution < -0.4 is 4.90 Å². The molecule has 0 saturated heterocycles. The van der Waals surface area contributed by atoms with Crippen LogP contribution >= 0.6 is 0 Å². The summed E-state index contributed by atoms with van der Waals surface area (Å²) in [5.41, 5.74) is 4.08. The molecule has 0 bridgehead atoms. The molecule has 2 aromatic carbocycles. The van der Waals surface area contributed by atoms with Crippen LogP contribution in [0.1, 0.15) is 37.8 Å². The van der Waals surface area contributed by atoms with E-state index >= 15 is 0 Å². The Morgan fingerprint density at radius 3 is 2.32 bits per heavy atom. The molecule has 0 radical (unpaired) electrons. The molecule has 0 unspecified atom stereocenters. The Hall–Kier alpha value is -1.76. The van der Waals surface area contributed by atoms with Crippen LogP contribution in [0.2, 0.25) is 0 Å². The van der Waals surface area contributed by atoms with Gasteiger partial charge in [-0.25, -0.2) is 0 Å². The lowest BCUT2D eigenvalue weighted by Crippen LogP contribution is -2.22. The van der Waals surface area contributed by atoms with Crippen LogP contribution in [-0.4, -0.2) is 6.54 Å². The van der Waals surface area contributed by atoms with Crippen LogP contribution in [-0.2, 0) is 6.54 Å². The van der Waals surface area contributed by atoms with Crippen LogP contribution in [0.25, 0.3) is 0 Å². The Labute approximate surface area is 116 Å². The van der Waals surface area contributed by atoms with E-state index in [0.717, 1.165) is 13.1 Å². The van der Waals surface area contributed by atoms with Crippen molar-refractivity contribution in [3.05, 3.63) is 65.7 Å². The molecule has 0 aliphatic heterocycles. The maximum absolute atomic E-state index is 2.42. The van der Waals surface area contributed by atoms with Gasteiger partial charge in [-0.15, -0.1) is 0 Å². The molecule has 0 aliphatic rings. The predicted molar refractivity (Wildman–Crippen MR) is 83.7 cm³/mol. The minimum atomic E-state index is 0.579. The SMILES string of the molecule is CCN(Cc1ccccc1)c1cccc(C(C)C)c1. The van der Waals surface area contributed by atoms with Gasteiger partial charge in [0.25, 0.3) is 0 Å². The zero-order valence-corrected chi connectivity index (χ0v) is 12.1. The third-order valence-corrected chi connectivity index (χ3v) is 3.50. The van der Waals surface area contributed by atoms with E-state index < -0.39 is 0 Å². The standard InChI is InChI=1S/C18H23N/c1-4-19(14-16-9-6-5-7-10-16)18-12-8-11-17(13-18)15(2)3/h5-13,15H,4,14H2,1-3H3. The van der Waals surface area contributed by atoms with Crippen LogP contribution in [0.4, 0.5) is 5.69 Å². The summed E-state index contributed by atoms with van der Waals surface area (Å²) in [6, 6.07) is 19.6. The van der Waals surface area contributed by atoms with Gasteiger partial charge in [0, 0.05) is 18.8 Å². The second-order valence-electron chi connectivity index (χ2n) is 5.25. The molecule has 0 amide bonds. The fraction of sp³-hybridized carbons (Fsp3) is 0.333. The Morgan fingerprint density at radius 1 is 0.947 bits per heavy atom. The Bertz CT molecular complexity index is 502. The van der Waals surface area contributed by atoms with Gasteiger partial charge in [-0.1, -0.05) is 56.3 Å². The summed E-state index contributed by atoms with van der Waals surface area (Å²) in [6.45, 7) is 8.69. The summed E-state index contributed by atoms with van der Waals surface area (Å²) < 4.78 is 0. The maximum atomic E-state index is 2.42. The van der Waals surface area contributed by atoms with E-state index in [9.17, 15) is 0 Å². The molecule has 19 heavy (non-hydrogen) atoms. The van der Waals surface area contributed by atoms with Crippen LogP contribution in [0, 0.1) is 0 Å². The summed E-state index contributed by atoms with van der Waals surface area (Å²) in [4.78, 5) is 2.42. The van der Waals surface area contributed by atoms with Crippen molar-refractivity contribution in [3.8, 4) is 0 Å². The average Bonchev–Trinajstić information content (AvgIpc) is 2.46. The zero-order valence-electron chi connectivity index (χ0n) is 12.1. The number of benzene rings is 2. The smallest absolute Gasteiger partial charge is 0.0429 e. The van der Waals surface area contributed by atoms with Gasteiger partial charge in [0.1, 0.15) is 0 Å². The quantitative estimate of drug-likeness (QED) is 0.737. The van der Waals surface area contributed by atoms with Crippen molar-refractivity contribution in [2.24, 2.45) is 0 Å². The second kappa shape index (κ2) is 6.42. The lowest BCUT2D eigenvalue weighted by Gasteiger charge is -2.24. The highest BCUT2D eigenvalue weighted by molar-refractivity contribution is 5.49. The minimum Gasteiger partial charge on any atom is -0.367 e. The largest absolute Gasteiger partial charge is 0.367 e. The first kappa shape index (κ1) is 13.7. The molecule has 1 nitrogen and oxygen atoms in total. The number of nitrogens with zero attached hydrogens (tertiary/aromatic N) is 1. The molecule has 0 fully saturated rings. The maximum Gasteiger partial charge on any atom is 0.0429 e. The van der Waals surface area contributed by atoms with E-state index in [1.165, 1.54) is 16.8 Å². The van der Waals surface area contributed by atoms with E-state index in [2.05, 4.69) is 80.3 Å². The van der Waals surface area contributed by atoms with Crippen LogP contribution in [0.5, 0.6) is 0 Å². The molecule has 100 valence electrons. The number of rotatable bonds is 5. The van der Waals surface area contributed by atoms with Gasteiger partial charge in [0.15, 0.2) is 0 Å². The van der Waals surface area contributed by atoms with Crippen molar-refractivity contribution in [1.29, 1.82) is 0 Å². The first-order chi connectivity index (χ1) is 9.20. The van der Waals surface area contributed by atoms with Crippen LogP contribution in [0.3, 0.4) is 0 Å². The van der Waals surface area contributed by atoms with Crippen molar-refractivity contribution in [1.82, 2.24) is 0 Å². The molecule has 2 aromatic rings. The van der Waals surface area contributed by atoms with Crippen LogP contribution in [0.15, 0.2) is 54.6 Å². The van der Waals surface area contributed by atoms with Gasteiger partial charge in [0.05, 0.1) is 0 Å². The lowest BCUT2D eigenvalue weighted by molar-refractivity contribution is 0.822. The first-order valence-electron chi connectivity index (χ1n) is 7.09. The van der Waals surface area contributed by atoms with Crippen molar-refractivity contribution < 1.29 is 0 Å². The predicted octanol–water partition coefficient (Wildman–Crippen LogP) is 4.84. The Balaban J connectivity index is 2.20. The van der Waals surface area contributed by atoms with Crippen molar-refractivity contribution in [3.63, 3.8) is 0 Å². The van der Waals surface area contributed by atoms with Gasteiger partial charge < -0.3 is 4.90 Å². The average molecular weight is 253 g/mol. The van der Waals surface area contributed by atoms with Gasteiger partial charge in [-0.05, 0) is 36.1 Å². The number of hydrogen-bond donors (Lipinski definition) is 0. The number of anilines is 1. The highest BCUT2D eigenvalue weighted by atomic mass is 15.1. The third kappa shape index (κ3) is 3.60. The van der Waals surface area contributed by atoms with Gasteiger partial charge in [-0.2, -0.15) is 0 Å². The lowest BCUT2D eigenvalue weighted by atomic mass is 10.0. The monoisotopic (exact) mass is 253 g/mol. The van der Waals surface area contributed by atoms with Crippen molar-refractivity contribution >= 4 is 5.69 Å². The molecular formula is C18H23N. The van der Waals surface area contributed by atoms with Crippen molar-refractivity contribution in [2.75, 3.05) is 11.4 Å². The molecule has 0 spiro atoms. The topological polar surface area (TPSA) is 3.24 Å². The molecule has 0 N–H and O–H groups in total. The molecule has 0 atom stereocenters. The molecular weight excluding hydrogens is 230 g/mol. The first-order valence-corrected chi connectivity index (χ1v) is 7.09. The number of hydrogen-bond acceptors (Lipinski definition) is 1. The fourth-order valence-corrected chi connectivity index (χ4v) is 2.27. The van der Waals surface area contributed by atoms with E-state index in [-0.39, 0.29) is 0 Å². The zero-order chi connectivity index (χ0) is 13.7. The summed E-state index contributed by atoms with van der Waals surface area (Å²) in [6.07, 6.45) is 0. The summed E-state index contributed by atoms with van der Waals surface area (Å²) in [7, 11) is 0. The molecule has 0 aromatic heterocycles. The second-order valence-corrected chi connectivity index (χ2v) is 5.25. The third-order valence-electron chi connectivity index (χ3n) is 3.50. The fourth-order valence-electron chi connectivity index (χ4n) is 2.27. The molecule has 2 rings (SSSR count). The summed E-state index contributed by atoms with van der Waals surface area (Å²) in [5.74, 6) is 0.579. The van der Waals surface area contributed by atoms with Gasteiger partial charge in [-0.3, -0.25) is 0 Å². The van der Waals surface area contributed by atoms with Gasteiger partial charge in [0.2, 0.25) is 0 Å². The molecule has 0 heterocycles. The summed E-state index contributed by atoms with van der Waals surface area (Å²) in [5, 5.41) is 0. The minimum absolute atomic E-state index is 0.579. The summed E-state index contributed by atoms with van der Waals surface area (Å²) >= 11 is 0. The Morgan fingerprint density at radius 2 is 1.68 bits per heavy atom. The van der Waals surface area contributed by atoms with Crippen molar-refractivity contribution in [2.45, 2.75) is 33.2 Å². The molecule has 0 saturated carbocycles. The van der Waals surface area contributed by atoms with Gasteiger partial charge >= 0.3 is 0 Å². The van der Waals surface area contributed by atoms with E-state index in [0.29, 0.717) is 5.92 Å². The molecule has 0 aliphatic carbocycles. The highest BCUT2D eigenvalue weighted by Crippen LogP contribution is 2.22. The van der Waals surface area contributed by atoms with E-state index in [1.807, 2.05) is 0 Å². The van der Waals surface area contributed by atoms with E-state index in [1.54, 1.807) is 0 Å². The van der Waals surface area contributed by atoms with E-state index in [4.69, 9.17) is 0 Å². The highest BCUT2D eigenvalue weighted by Gasteiger charge is 2.07. The normalized spacial score (nSPS) is 10.7. The Kier molecular flexibility index (Phi) is 4.62.